The highest BCUT2D eigenvalue weighted by Gasteiger charge is 2.12. The molecule has 0 fully saturated rings. The molecule has 0 aliphatic rings. The van der Waals surface area contributed by atoms with Crippen LogP contribution in [0.1, 0.15) is 25.5 Å². The minimum Gasteiger partial charge on any atom is -0.400 e. The molecule has 0 bridgehead atoms. The summed E-state index contributed by atoms with van der Waals surface area (Å²) in [4.78, 5) is 18.9. The average Bonchev–Trinajstić information content (AvgIpc) is 3.15. The Morgan fingerprint density at radius 1 is 1.35 bits per heavy atom. The van der Waals surface area contributed by atoms with Crippen molar-refractivity contribution in [3.8, 4) is 0 Å². The van der Waals surface area contributed by atoms with E-state index in [4.69, 9.17) is 4.42 Å². The first-order chi connectivity index (χ1) is 11.2. The lowest BCUT2D eigenvalue weighted by molar-refractivity contribution is -0.402. The van der Waals surface area contributed by atoms with Crippen LogP contribution in [0.3, 0.4) is 0 Å². The van der Waals surface area contributed by atoms with Gasteiger partial charge in [-0.2, -0.15) is 0 Å². The fraction of sp³-hybridized carbons (Fsp3) is 0.250. The molecule has 0 amide bonds. The fourth-order valence-corrected chi connectivity index (χ4v) is 2.33. The molecule has 0 aliphatic heterocycles. The largest absolute Gasteiger partial charge is 0.433 e. The quantitative estimate of drug-likeness (QED) is 0.389. The summed E-state index contributed by atoms with van der Waals surface area (Å²) in [7, 11) is 0. The number of para-hydroxylation sites is 2. The second-order valence-corrected chi connectivity index (χ2v) is 5.10. The van der Waals surface area contributed by atoms with Gasteiger partial charge in [0, 0.05) is 6.54 Å². The van der Waals surface area contributed by atoms with E-state index in [2.05, 4.69) is 16.9 Å². The van der Waals surface area contributed by atoms with Crippen molar-refractivity contribution in [2.45, 2.75) is 26.3 Å². The van der Waals surface area contributed by atoms with Gasteiger partial charge in [-0.05, 0) is 24.6 Å². The number of unbranched alkanes of at least 4 members (excludes halogenated alkanes) is 1. The number of hydrogen-bond acceptors (Lipinski definition) is 5. The summed E-state index contributed by atoms with van der Waals surface area (Å²) in [5.74, 6) is 0.593. The molecule has 0 N–H and O–H groups in total. The van der Waals surface area contributed by atoms with Crippen molar-refractivity contribution in [1.82, 2.24) is 9.55 Å². The van der Waals surface area contributed by atoms with Crippen molar-refractivity contribution in [2.24, 2.45) is 4.99 Å². The molecule has 0 atom stereocenters. The third kappa shape index (κ3) is 3.13. The van der Waals surface area contributed by atoms with E-state index in [1.165, 1.54) is 18.3 Å². The summed E-state index contributed by atoms with van der Waals surface area (Å²) in [5.41, 5.74) is 1.90. The molecule has 0 saturated heterocycles. The van der Waals surface area contributed by atoms with Crippen molar-refractivity contribution < 1.29 is 9.34 Å². The van der Waals surface area contributed by atoms with Gasteiger partial charge in [-0.25, -0.2) is 9.98 Å². The Morgan fingerprint density at radius 3 is 2.91 bits per heavy atom. The Balaban J connectivity index is 1.94. The van der Waals surface area contributed by atoms with Crippen molar-refractivity contribution in [3.05, 3.63) is 52.3 Å². The van der Waals surface area contributed by atoms with Crippen LogP contribution in [0.2, 0.25) is 0 Å². The first-order valence-electron chi connectivity index (χ1n) is 7.42. The standard InChI is InChI=1S/C16H16N4O3/c1-2-3-10-19-14-7-5-4-6-13(14)18-16(19)17-11-12-8-9-15(23-12)20(21)22/h4-9,11H,2-3,10H2,1H3/b17-11-. The van der Waals surface area contributed by atoms with Gasteiger partial charge in [0.25, 0.3) is 0 Å². The van der Waals surface area contributed by atoms with Crippen LogP contribution in [-0.2, 0) is 6.54 Å². The number of aryl methyl sites for hydroxylation is 1. The second kappa shape index (κ2) is 6.43. The Hall–Kier alpha value is -2.96. The molecule has 0 saturated carbocycles. The number of imidazole rings is 1. The Kier molecular flexibility index (Phi) is 4.18. The summed E-state index contributed by atoms with van der Waals surface area (Å²) in [5, 5.41) is 10.6. The molecule has 0 spiro atoms. The number of fused-ring (bicyclic) bond motifs is 1. The van der Waals surface area contributed by atoms with Gasteiger partial charge < -0.3 is 8.98 Å². The number of nitrogens with zero attached hydrogens (tertiary/aromatic N) is 4. The van der Waals surface area contributed by atoms with Crippen molar-refractivity contribution in [2.75, 3.05) is 0 Å². The van der Waals surface area contributed by atoms with Gasteiger partial charge in [-0.15, -0.1) is 0 Å². The summed E-state index contributed by atoms with van der Waals surface area (Å²) in [6, 6.07) is 10.7. The van der Waals surface area contributed by atoms with Crippen molar-refractivity contribution in [3.63, 3.8) is 0 Å². The lowest BCUT2D eigenvalue weighted by Crippen LogP contribution is -1.97. The monoisotopic (exact) mass is 312 g/mol. The molecule has 23 heavy (non-hydrogen) atoms. The van der Waals surface area contributed by atoms with Gasteiger partial charge in [0.1, 0.15) is 4.92 Å². The maximum atomic E-state index is 10.6. The fourth-order valence-electron chi connectivity index (χ4n) is 2.33. The maximum absolute atomic E-state index is 10.6. The summed E-state index contributed by atoms with van der Waals surface area (Å²) < 4.78 is 7.12. The molecular weight excluding hydrogens is 296 g/mol. The van der Waals surface area contributed by atoms with Gasteiger partial charge in [0.15, 0.2) is 5.76 Å². The minimum atomic E-state index is -0.576. The summed E-state index contributed by atoms with van der Waals surface area (Å²) in [6.45, 7) is 2.95. The van der Waals surface area contributed by atoms with E-state index in [1.807, 2.05) is 28.8 Å². The van der Waals surface area contributed by atoms with Crippen LogP contribution in [0.25, 0.3) is 11.0 Å². The molecule has 0 radical (unpaired) electrons. The van der Waals surface area contributed by atoms with E-state index >= 15 is 0 Å². The molecule has 7 nitrogen and oxygen atoms in total. The van der Waals surface area contributed by atoms with Crippen LogP contribution in [0.15, 0.2) is 45.8 Å². The Morgan fingerprint density at radius 2 is 2.17 bits per heavy atom. The molecular formula is C16H16N4O3. The number of aliphatic imine (C=N–C) groups is 1. The van der Waals surface area contributed by atoms with E-state index in [1.54, 1.807) is 0 Å². The summed E-state index contributed by atoms with van der Waals surface area (Å²) in [6.07, 6.45) is 3.55. The van der Waals surface area contributed by atoms with Gasteiger partial charge in [0.05, 0.1) is 23.3 Å². The van der Waals surface area contributed by atoms with E-state index in [0.29, 0.717) is 11.7 Å². The first kappa shape index (κ1) is 15.0. The topological polar surface area (TPSA) is 86.5 Å². The smallest absolute Gasteiger partial charge is 0.400 e. The molecule has 118 valence electrons. The summed E-state index contributed by atoms with van der Waals surface area (Å²) >= 11 is 0. The molecule has 1 aromatic carbocycles. The van der Waals surface area contributed by atoms with E-state index in [9.17, 15) is 10.1 Å². The van der Waals surface area contributed by atoms with E-state index in [0.717, 1.165) is 30.4 Å². The zero-order valence-electron chi connectivity index (χ0n) is 12.7. The van der Waals surface area contributed by atoms with E-state index in [-0.39, 0.29) is 5.88 Å². The highest BCUT2D eigenvalue weighted by Crippen LogP contribution is 2.23. The van der Waals surface area contributed by atoms with Crippen molar-refractivity contribution >= 4 is 29.1 Å². The predicted molar refractivity (Wildman–Crippen MR) is 87.3 cm³/mol. The van der Waals surface area contributed by atoms with Crippen LogP contribution in [0.4, 0.5) is 11.8 Å². The molecule has 2 aromatic heterocycles. The molecule has 0 aliphatic carbocycles. The highest BCUT2D eigenvalue weighted by molar-refractivity contribution is 5.82. The number of benzene rings is 1. The lowest BCUT2D eigenvalue weighted by atomic mass is 10.3. The lowest BCUT2D eigenvalue weighted by Gasteiger charge is -2.04. The predicted octanol–water partition coefficient (Wildman–Crippen LogP) is 4.09. The van der Waals surface area contributed by atoms with Crippen molar-refractivity contribution in [1.29, 1.82) is 0 Å². The SMILES string of the molecule is CCCCn1c(/N=C\c2ccc([N+](=O)[O-])o2)nc2ccccc21. The molecule has 2 heterocycles. The van der Waals surface area contributed by atoms with Crippen LogP contribution in [-0.4, -0.2) is 20.7 Å². The number of rotatable bonds is 6. The number of aromatic nitrogens is 2. The van der Waals surface area contributed by atoms with Crippen LogP contribution in [0.5, 0.6) is 0 Å². The molecule has 7 heteroatoms. The highest BCUT2D eigenvalue weighted by atomic mass is 16.6. The third-order valence-electron chi connectivity index (χ3n) is 3.47. The minimum absolute atomic E-state index is 0.300. The van der Waals surface area contributed by atoms with E-state index < -0.39 is 4.92 Å². The zero-order valence-corrected chi connectivity index (χ0v) is 12.7. The van der Waals surface area contributed by atoms with Gasteiger partial charge in [0.2, 0.25) is 5.95 Å². The molecule has 0 unspecified atom stereocenters. The maximum Gasteiger partial charge on any atom is 0.433 e. The second-order valence-electron chi connectivity index (χ2n) is 5.10. The number of hydrogen-bond donors (Lipinski definition) is 0. The van der Waals surface area contributed by atoms with Gasteiger partial charge in [-0.3, -0.25) is 10.1 Å². The normalized spacial score (nSPS) is 11.5. The Bertz CT molecular complexity index is 863. The van der Waals surface area contributed by atoms with Gasteiger partial charge >= 0.3 is 5.88 Å². The molecule has 3 aromatic rings. The zero-order chi connectivity index (χ0) is 16.2. The molecule has 3 rings (SSSR count). The third-order valence-corrected chi connectivity index (χ3v) is 3.47. The first-order valence-corrected chi connectivity index (χ1v) is 7.42. The number of nitro groups is 1. The van der Waals surface area contributed by atoms with Crippen LogP contribution >= 0.6 is 0 Å². The number of furan rings is 1. The van der Waals surface area contributed by atoms with Crippen LogP contribution in [0, 0.1) is 10.1 Å². The average molecular weight is 312 g/mol. The van der Waals surface area contributed by atoms with Crippen LogP contribution < -0.4 is 0 Å². The Labute approximate surface area is 132 Å². The van der Waals surface area contributed by atoms with Gasteiger partial charge in [-0.1, -0.05) is 25.5 Å².